The number of benzene rings is 1. The van der Waals surface area contributed by atoms with Crippen molar-refractivity contribution in [2.24, 2.45) is 11.8 Å². The van der Waals surface area contributed by atoms with E-state index in [4.69, 9.17) is 4.74 Å². The minimum atomic E-state index is -0.407. The molecule has 0 spiro atoms. The molecule has 1 N–H and O–H groups in total. The largest absolute Gasteiger partial charge is 0.497 e. The topological polar surface area (TPSA) is 113 Å². The van der Waals surface area contributed by atoms with Gasteiger partial charge in [0, 0.05) is 26.1 Å². The highest BCUT2D eigenvalue weighted by Gasteiger charge is 2.47. The van der Waals surface area contributed by atoms with Crippen molar-refractivity contribution < 1.29 is 28.7 Å². The van der Waals surface area contributed by atoms with E-state index in [1.807, 2.05) is 0 Å². The Morgan fingerprint density at radius 2 is 1.68 bits per heavy atom. The number of hydrogen-bond donors (Lipinski definition) is 1. The van der Waals surface area contributed by atoms with Crippen LogP contribution in [0.15, 0.2) is 29.2 Å². The van der Waals surface area contributed by atoms with Crippen molar-refractivity contribution in [2.45, 2.75) is 32.1 Å². The minimum Gasteiger partial charge on any atom is -0.497 e. The summed E-state index contributed by atoms with van der Waals surface area (Å²) in [6.45, 7) is 0.199. The highest BCUT2D eigenvalue weighted by Crippen LogP contribution is 2.38. The van der Waals surface area contributed by atoms with Gasteiger partial charge < -0.3 is 10.1 Å². The first-order chi connectivity index (χ1) is 16.4. The van der Waals surface area contributed by atoms with E-state index in [2.05, 4.69) is 5.32 Å². The number of amides is 5. The smallest absolute Gasteiger partial charge is 0.293 e. The number of carbonyl (C=O) groups excluding carboxylic acids is 5. The molecule has 0 unspecified atom stereocenters. The molecule has 2 saturated heterocycles. The molecule has 9 nitrogen and oxygen atoms in total. The van der Waals surface area contributed by atoms with Gasteiger partial charge in [-0.3, -0.25) is 33.8 Å². The number of ether oxygens (including phenoxy) is 1. The second-order valence-electron chi connectivity index (χ2n) is 8.53. The number of methoxy groups -OCH3 is 1. The number of fused-ring (bicyclic) bond motifs is 1. The normalized spacial score (nSPS) is 23.6. The van der Waals surface area contributed by atoms with Crippen molar-refractivity contribution in [1.29, 1.82) is 0 Å². The number of nitrogens with one attached hydrogen (secondary N) is 1. The van der Waals surface area contributed by atoms with Gasteiger partial charge in [0.25, 0.3) is 11.1 Å². The quantitative estimate of drug-likeness (QED) is 0.444. The molecule has 2 aliphatic heterocycles. The lowest BCUT2D eigenvalue weighted by molar-refractivity contribution is -0.140. The summed E-state index contributed by atoms with van der Waals surface area (Å²) < 4.78 is 5.11. The van der Waals surface area contributed by atoms with E-state index >= 15 is 0 Å². The lowest BCUT2D eigenvalue weighted by Gasteiger charge is -2.19. The third-order valence-corrected chi connectivity index (χ3v) is 7.35. The molecule has 1 saturated carbocycles. The molecule has 1 aromatic rings. The third kappa shape index (κ3) is 5.01. The zero-order chi connectivity index (χ0) is 24.2. The molecule has 4 rings (SSSR count). The van der Waals surface area contributed by atoms with Crippen LogP contribution in [0.3, 0.4) is 0 Å². The maximum absolute atomic E-state index is 12.6. The minimum absolute atomic E-state index is 0.00378. The molecule has 3 aliphatic rings. The fourth-order valence-electron chi connectivity index (χ4n) is 4.60. The Balaban J connectivity index is 1.24. The van der Waals surface area contributed by atoms with E-state index in [1.165, 1.54) is 4.90 Å². The van der Waals surface area contributed by atoms with Gasteiger partial charge >= 0.3 is 0 Å². The Bertz CT molecular complexity index is 1010. The van der Waals surface area contributed by atoms with Crippen molar-refractivity contribution in [3.8, 4) is 5.75 Å². The number of imide groups is 2. The number of thioether (sulfide) groups is 1. The van der Waals surface area contributed by atoms with E-state index in [-0.39, 0.29) is 55.6 Å². The molecule has 0 bridgehead atoms. The van der Waals surface area contributed by atoms with Gasteiger partial charge in [0.05, 0.1) is 23.9 Å². The first-order valence-electron chi connectivity index (χ1n) is 11.4. The first kappa shape index (κ1) is 24.0. The highest BCUT2D eigenvalue weighted by molar-refractivity contribution is 8.18. The van der Waals surface area contributed by atoms with Crippen LogP contribution in [0, 0.1) is 11.8 Å². The lowest BCUT2D eigenvalue weighted by Crippen LogP contribution is -2.39. The third-order valence-electron chi connectivity index (χ3n) is 6.44. The average Bonchev–Trinajstić information content (AvgIpc) is 3.25. The van der Waals surface area contributed by atoms with Crippen LogP contribution in [0.2, 0.25) is 0 Å². The van der Waals surface area contributed by atoms with Gasteiger partial charge in [-0.25, -0.2) is 0 Å². The summed E-state index contributed by atoms with van der Waals surface area (Å²) in [6.07, 6.45) is 5.03. The van der Waals surface area contributed by atoms with Crippen molar-refractivity contribution in [1.82, 2.24) is 15.1 Å². The predicted octanol–water partition coefficient (Wildman–Crippen LogP) is 2.41. The SMILES string of the molecule is COc1ccc(/C=C2\SC(=O)N(CCNC(=O)CCN3C(=O)[C@H]4CCCC[C@H]4C3=O)C2=O)cc1. The summed E-state index contributed by atoms with van der Waals surface area (Å²) in [4.78, 5) is 64.7. The van der Waals surface area contributed by atoms with Crippen LogP contribution in [0.25, 0.3) is 6.08 Å². The second kappa shape index (κ2) is 10.4. The Labute approximate surface area is 201 Å². The zero-order valence-corrected chi connectivity index (χ0v) is 19.8. The number of hydrogen-bond acceptors (Lipinski definition) is 7. The van der Waals surface area contributed by atoms with Crippen LogP contribution in [0.1, 0.15) is 37.7 Å². The van der Waals surface area contributed by atoms with Gasteiger partial charge in [-0.1, -0.05) is 25.0 Å². The number of rotatable bonds is 8. The second-order valence-corrected chi connectivity index (χ2v) is 9.53. The van der Waals surface area contributed by atoms with Crippen molar-refractivity contribution in [2.75, 3.05) is 26.7 Å². The molecule has 180 valence electrons. The predicted molar refractivity (Wildman–Crippen MR) is 125 cm³/mol. The maximum Gasteiger partial charge on any atom is 0.293 e. The van der Waals surface area contributed by atoms with Crippen molar-refractivity contribution in [3.63, 3.8) is 0 Å². The highest BCUT2D eigenvalue weighted by atomic mass is 32.2. The molecule has 3 fully saturated rings. The van der Waals surface area contributed by atoms with Gasteiger partial charge in [-0.2, -0.15) is 0 Å². The summed E-state index contributed by atoms with van der Waals surface area (Å²) in [5, 5.41) is 2.27. The number of nitrogens with zero attached hydrogens (tertiary/aromatic N) is 2. The molecular formula is C24H27N3O6S. The first-order valence-corrected chi connectivity index (χ1v) is 12.2. The van der Waals surface area contributed by atoms with Crippen LogP contribution >= 0.6 is 11.8 Å². The monoisotopic (exact) mass is 485 g/mol. The zero-order valence-electron chi connectivity index (χ0n) is 19.0. The number of likely N-dealkylation sites (tertiary alicyclic amines) is 1. The van der Waals surface area contributed by atoms with Crippen LogP contribution < -0.4 is 10.1 Å². The summed E-state index contributed by atoms with van der Waals surface area (Å²) in [7, 11) is 1.57. The van der Waals surface area contributed by atoms with Crippen LogP contribution in [0.5, 0.6) is 5.75 Å². The Hall–Kier alpha value is -3.14. The van der Waals surface area contributed by atoms with Gasteiger partial charge in [0.1, 0.15) is 5.75 Å². The van der Waals surface area contributed by atoms with Gasteiger partial charge in [0.2, 0.25) is 17.7 Å². The molecule has 1 aromatic carbocycles. The molecule has 0 radical (unpaired) electrons. The molecule has 34 heavy (non-hydrogen) atoms. The van der Waals surface area contributed by atoms with Crippen LogP contribution in [-0.4, -0.2) is 65.4 Å². The molecule has 5 amide bonds. The van der Waals surface area contributed by atoms with Crippen LogP contribution in [0.4, 0.5) is 4.79 Å². The molecule has 10 heteroatoms. The van der Waals surface area contributed by atoms with E-state index in [9.17, 15) is 24.0 Å². The van der Waals surface area contributed by atoms with Crippen molar-refractivity contribution in [3.05, 3.63) is 34.7 Å². The molecular weight excluding hydrogens is 458 g/mol. The van der Waals surface area contributed by atoms with Gasteiger partial charge in [-0.05, 0) is 48.4 Å². The number of carbonyl (C=O) groups is 5. The standard InChI is InChI=1S/C24H27N3O6S/c1-33-16-8-6-15(7-9-16)14-19-23(31)27(24(32)34-19)13-11-25-20(28)10-12-26-21(29)17-4-2-3-5-18(17)22(26)30/h6-9,14,17-18H,2-5,10-13H2,1H3,(H,25,28)/b19-14-/t17-,18+. The van der Waals surface area contributed by atoms with Crippen LogP contribution in [-0.2, 0) is 19.2 Å². The van der Waals surface area contributed by atoms with E-state index < -0.39 is 11.1 Å². The maximum atomic E-state index is 12.6. The van der Waals surface area contributed by atoms with Crippen molar-refractivity contribution >= 4 is 46.7 Å². The Morgan fingerprint density at radius 1 is 1.03 bits per heavy atom. The summed E-state index contributed by atoms with van der Waals surface area (Å²) in [5.74, 6) is -0.832. The average molecular weight is 486 g/mol. The molecule has 0 aromatic heterocycles. The summed E-state index contributed by atoms with van der Waals surface area (Å²) in [5.41, 5.74) is 0.769. The lowest BCUT2D eigenvalue weighted by atomic mass is 9.81. The van der Waals surface area contributed by atoms with E-state index in [1.54, 1.807) is 37.5 Å². The Morgan fingerprint density at radius 3 is 2.29 bits per heavy atom. The molecule has 2 heterocycles. The summed E-state index contributed by atoms with van der Waals surface area (Å²) >= 11 is 0.856. The molecule has 1 aliphatic carbocycles. The van der Waals surface area contributed by atoms with Gasteiger partial charge in [0.15, 0.2) is 0 Å². The van der Waals surface area contributed by atoms with Gasteiger partial charge in [-0.15, -0.1) is 0 Å². The van der Waals surface area contributed by atoms with E-state index in [0.717, 1.165) is 47.9 Å². The fourth-order valence-corrected chi connectivity index (χ4v) is 5.47. The molecule has 2 atom stereocenters. The fraction of sp³-hybridized carbons (Fsp3) is 0.458. The van der Waals surface area contributed by atoms with E-state index in [0.29, 0.717) is 10.7 Å². The summed E-state index contributed by atoms with van der Waals surface area (Å²) in [6, 6.07) is 7.11. The Kier molecular flexibility index (Phi) is 7.35.